The van der Waals surface area contributed by atoms with Gasteiger partial charge in [-0.15, -0.1) is 0 Å². The molecule has 0 radical (unpaired) electrons. The first kappa shape index (κ1) is 23.1. The van der Waals surface area contributed by atoms with Crippen molar-refractivity contribution in [3.63, 3.8) is 0 Å². The Morgan fingerprint density at radius 2 is 2.00 bits per heavy atom. The second-order valence-electron chi connectivity index (χ2n) is 11.3. The second-order valence-corrected chi connectivity index (χ2v) is 11.3. The van der Waals surface area contributed by atoms with E-state index in [2.05, 4.69) is 25.3 Å². The fourth-order valence-electron chi connectivity index (χ4n) is 6.50. The summed E-state index contributed by atoms with van der Waals surface area (Å²) >= 11 is 0. The van der Waals surface area contributed by atoms with Gasteiger partial charge in [-0.25, -0.2) is 15.0 Å². The first-order valence-corrected chi connectivity index (χ1v) is 12.8. The number of hydrogen-bond acceptors (Lipinski definition) is 7. The van der Waals surface area contributed by atoms with E-state index in [-0.39, 0.29) is 11.9 Å². The van der Waals surface area contributed by atoms with Crippen LogP contribution < -0.4 is 10.2 Å². The van der Waals surface area contributed by atoms with Crippen molar-refractivity contribution >= 4 is 11.9 Å². The Hall–Kier alpha value is -3.27. The van der Waals surface area contributed by atoms with E-state index in [1.165, 1.54) is 5.69 Å². The molecule has 0 bridgehead atoms. The Morgan fingerprint density at radius 1 is 1.22 bits per heavy atom. The molecule has 1 atom stereocenters. The summed E-state index contributed by atoms with van der Waals surface area (Å²) in [7, 11) is 1.99. The van der Waals surface area contributed by atoms with E-state index >= 15 is 0 Å². The van der Waals surface area contributed by atoms with Crippen molar-refractivity contribution in [2.75, 3.05) is 18.0 Å². The summed E-state index contributed by atoms with van der Waals surface area (Å²) in [6.07, 6.45) is 12.8. The Kier molecular flexibility index (Phi) is 5.40. The molecule has 190 valence electrons. The van der Waals surface area contributed by atoms with Gasteiger partial charge >= 0.3 is 0 Å². The smallest absolute Gasteiger partial charge is 0.255 e. The third kappa shape index (κ3) is 4.17. The van der Waals surface area contributed by atoms with Gasteiger partial charge in [-0.1, -0.05) is 0 Å². The molecule has 1 aliphatic heterocycles. The molecule has 0 unspecified atom stereocenters. The van der Waals surface area contributed by atoms with Crippen molar-refractivity contribution in [3.8, 4) is 0 Å². The van der Waals surface area contributed by atoms with Crippen LogP contribution in [0.4, 0.5) is 5.95 Å². The summed E-state index contributed by atoms with van der Waals surface area (Å²) in [4.78, 5) is 29.0. The predicted octanol–water partition coefficient (Wildman–Crippen LogP) is 2.31. The topological polar surface area (TPSA) is 114 Å². The number of piperidine rings is 1. The molecule has 3 aromatic rings. The number of fused-ring (bicyclic) bond motifs is 1. The summed E-state index contributed by atoms with van der Waals surface area (Å²) in [6.45, 7) is 6.29. The van der Waals surface area contributed by atoms with Gasteiger partial charge in [0.15, 0.2) is 0 Å². The average molecular weight is 491 g/mol. The summed E-state index contributed by atoms with van der Waals surface area (Å²) in [6, 6.07) is -0.0534. The van der Waals surface area contributed by atoms with Gasteiger partial charge < -0.3 is 19.9 Å². The minimum Gasteiger partial charge on any atom is -0.390 e. The van der Waals surface area contributed by atoms with Crippen LogP contribution in [0, 0.1) is 12.3 Å². The lowest BCUT2D eigenvalue weighted by atomic mass is 9.56. The standard InChI is InChI=1S/C26H34N8O2/c1-17-18(10-27-24(30-17)33-8-6-26(7-9-33)14-25(2,36)15-26)12-34-13-19(11-29-34)23(35)31-20-4-5-21-22(20)28-16-32(21)3/h10-11,13,16,20,36H,4-9,12,14-15H2,1-3H3,(H,31,35)/t20-/m1/s1. The molecule has 1 amide bonds. The van der Waals surface area contributed by atoms with Crippen molar-refractivity contribution in [1.29, 1.82) is 0 Å². The normalized spacial score (nSPS) is 21.9. The number of nitrogens with one attached hydrogen (secondary N) is 1. The fourth-order valence-corrected chi connectivity index (χ4v) is 6.50. The van der Waals surface area contributed by atoms with E-state index in [9.17, 15) is 9.90 Å². The van der Waals surface area contributed by atoms with Crippen LogP contribution in [0.2, 0.25) is 0 Å². The molecular weight excluding hydrogens is 456 g/mol. The molecule has 6 rings (SSSR count). The third-order valence-corrected chi connectivity index (χ3v) is 8.31. The van der Waals surface area contributed by atoms with Gasteiger partial charge in [0.25, 0.3) is 5.91 Å². The molecule has 4 heterocycles. The van der Waals surface area contributed by atoms with Crippen LogP contribution in [0.3, 0.4) is 0 Å². The minimum atomic E-state index is -0.483. The summed E-state index contributed by atoms with van der Waals surface area (Å²) in [5.74, 6) is 0.632. The largest absolute Gasteiger partial charge is 0.390 e. The van der Waals surface area contributed by atoms with E-state index in [0.717, 1.165) is 74.5 Å². The predicted molar refractivity (Wildman–Crippen MR) is 134 cm³/mol. The van der Waals surface area contributed by atoms with Crippen LogP contribution in [-0.2, 0) is 20.0 Å². The molecule has 3 aromatic heterocycles. The Morgan fingerprint density at radius 3 is 2.72 bits per heavy atom. The monoisotopic (exact) mass is 490 g/mol. The van der Waals surface area contributed by atoms with Crippen molar-refractivity contribution in [2.24, 2.45) is 12.5 Å². The SMILES string of the molecule is Cc1nc(N2CCC3(CC2)CC(C)(O)C3)ncc1Cn1cc(C(=O)N[C@@H]2CCc3c2ncn3C)cn1. The van der Waals surface area contributed by atoms with Gasteiger partial charge in [0.05, 0.1) is 42.0 Å². The number of amides is 1. The van der Waals surface area contributed by atoms with Gasteiger partial charge in [-0.2, -0.15) is 5.10 Å². The van der Waals surface area contributed by atoms with E-state index in [1.54, 1.807) is 23.4 Å². The van der Waals surface area contributed by atoms with Crippen LogP contribution in [0.1, 0.15) is 78.1 Å². The first-order valence-electron chi connectivity index (χ1n) is 12.8. The molecule has 10 heteroatoms. The molecule has 36 heavy (non-hydrogen) atoms. The highest BCUT2D eigenvalue weighted by Crippen LogP contribution is 2.54. The number of aryl methyl sites for hydroxylation is 2. The van der Waals surface area contributed by atoms with Crippen molar-refractivity contribution in [3.05, 3.63) is 53.1 Å². The molecule has 0 aromatic carbocycles. The zero-order valence-corrected chi connectivity index (χ0v) is 21.2. The van der Waals surface area contributed by atoms with E-state index in [0.29, 0.717) is 17.5 Å². The van der Waals surface area contributed by atoms with Crippen LogP contribution in [-0.4, -0.2) is 59.0 Å². The minimum absolute atomic E-state index is 0.0534. The molecule has 2 fully saturated rings. The number of imidazole rings is 1. The maximum Gasteiger partial charge on any atom is 0.255 e. The van der Waals surface area contributed by atoms with Gasteiger partial charge in [-0.05, 0) is 57.8 Å². The fraction of sp³-hybridized carbons (Fsp3) is 0.577. The quantitative estimate of drug-likeness (QED) is 0.564. The maximum atomic E-state index is 12.8. The zero-order chi connectivity index (χ0) is 25.1. The number of rotatable bonds is 5. The van der Waals surface area contributed by atoms with Crippen LogP contribution in [0.15, 0.2) is 24.9 Å². The van der Waals surface area contributed by atoms with Crippen LogP contribution >= 0.6 is 0 Å². The van der Waals surface area contributed by atoms with E-state index in [1.807, 2.05) is 31.7 Å². The molecule has 2 aliphatic carbocycles. The molecule has 10 nitrogen and oxygen atoms in total. The second kappa shape index (κ2) is 8.40. The molecule has 1 spiro atoms. The van der Waals surface area contributed by atoms with E-state index < -0.39 is 5.60 Å². The van der Waals surface area contributed by atoms with Crippen molar-refractivity contribution < 1.29 is 9.90 Å². The van der Waals surface area contributed by atoms with E-state index in [4.69, 9.17) is 4.98 Å². The summed E-state index contributed by atoms with van der Waals surface area (Å²) in [5.41, 5.74) is 4.41. The molecular formula is C26H34N8O2. The zero-order valence-electron chi connectivity index (χ0n) is 21.2. The molecule has 2 N–H and O–H groups in total. The Labute approximate surface area is 210 Å². The summed E-state index contributed by atoms with van der Waals surface area (Å²) in [5, 5.41) is 17.7. The molecule has 1 saturated heterocycles. The maximum absolute atomic E-state index is 12.8. The Bertz CT molecular complexity index is 1290. The van der Waals surface area contributed by atoms with Crippen molar-refractivity contribution in [1.82, 2.24) is 34.6 Å². The van der Waals surface area contributed by atoms with Gasteiger partial charge in [0, 0.05) is 49.5 Å². The number of carbonyl (C=O) groups excluding carboxylic acids is 1. The molecule has 1 saturated carbocycles. The highest BCUT2D eigenvalue weighted by atomic mass is 16.3. The lowest BCUT2D eigenvalue weighted by Crippen LogP contribution is -2.55. The number of aromatic nitrogens is 6. The first-order chi connectivity index (χ1) is 17.2. The average Bonchev–Trinajstić information content (AvgIpc) is 3.54. The van der Waals surface area contributed by atoms with Gasteiger partial charge in [0.1, 0.15) is 0 Å². The Balaban J connectivity index is 1.06. The number of aliphatic hydroxyl groups is 1. The number of hydrogen-bond donors (Lipinski definition) is 2. The number of carbonyl (C=O) groups is 1. The van der Waals surface area contributed by atoms with Crippen LogP contribution in [0.25, 0.3) is 0 Å². The number of nitrogens with zero attached hydrogens (tertiary/aromatic N) is 7. The number of anilines is 1. The lowest BCUT2D eigenvalue weighted by molar-refractivity contribution is -0.124. The van der Waals surface area contributed by atoms with Crippen LogP contribution in [0.5, 0.6) is 0 Å². The van der Waals surface area contributed by atoms with Gasteiger partial charge in [-0.3, -0.25) is 9.48 Å². The highest BCUT2D eigenvalue weighted by molar-refractivity contribution is 5.94. The molecule has 3 aliphatic rings. The lowest BCUT2D eigenvalue weighted by Gasteiger charge is -2.55. The van der Waals surface area contributed by atoms with Gasteiger partial charge in [0.2, 0.25) is 5.95 Å². The highest BCUT2D eigenvalue weighted by Gasteiger charge is 2.51. The third-order valence-electron chi connectivity index (χ3n) is 8.31. The summed E-state index contributed by atoms with van der Waals surface area (Å²) < 4.78 is 3.78. The van der Waals surface area contributed by atoms with Crippen molar-refractivity contribution in [2.45, 2.75) is 70.6 Å².